The Morgan fingerprint density at radius 1 is 1.24 bits per heavy atom. The van der Waals surface area contributed by atoms with Crippen LogP contribution in [0.5, 0.6) is 11.5 Å². The van der Waals surface area contributed by atoms with Crippen LogP contribution in [0.4, 0.5) is 0 Å². The van der Waals surface area contributed by atoms with Crippen molar-refractivity contribution in [3.05, 3.63) is 36.4 Å². The van der Waals surface area contributed by atoms with E-state index >= 15 is 0 Å². The Morgan fingerprint density at radius 2 is 2.00 bits per heavy atom. The molecule has 0 amide bonds. The first-order valence-corrected chi connectivity index (χ1v) is 7.03. The van der Waals surface area contributed by atoms with Crippen LogP contribution in [0.1, 0.15) is 42.5 Å². The Bertz CT molecular complexity index is 599. The van der Waals surface area contributed by atoms with E-state index < -0.39 is 17.7 Å². The summed E-state index contributed by atoms with van der Waals surface area (Å²) in [5.74, 6) is -1.46. The van der Waals surface area contributed by atoms with Crippen LogP contribution in [-0.2, 0) is 9.53 Å². The van der Waals surface area contributed by atoms with Crippen LogP contribution in [0.15, 0.2) is 30.9 Å². The van der Waals surface area contributed by atoms with Gasteiger partial charge in [0.15, 0.2) is 0 Å². The van der Waals surface area contributed by atoms with E-state index in [1.54, 1.807) is 12.1 Å². The molecular weight excluding hydrogens is 272 g/mol. The molecule has 1 aromatic rings. The molecule has 0 N–H and O–H groups in total. The van der Waals surface area contributed by atoms with E-state index in [1.165, 1.54) is 6.07 Å². The van der Waals surface area contributed by atoms with Gasteiger partial charge in [0.2, 0.25) is 0 Å². The van der Waals surface area contributed by atoms with Gasteiger partial charge in [-0.2, -0.15) is 0 Å². The quantitative estimate of drug-likeness (QED) is 0.475. The lowest BCUT2D eigenvalue weighted by atomic mass is 9.93. The third-order valence-corrected chi connectivity index (χ3v) is 3.76. The molecule has 5 heteroatoms. The Balaban J connectivity index is 1.95. The molecule has 0 aromatic heterocycles. The SMILES string of the molecule is C=CC(=O)Oc1cccc2c1C(=O)OC1(CCCCC1)O2. The summed E-state index contributed by atoms with van der Waals surface area (Å²) in [6.45, 7) is 3.33. The van der Waals surface area contributed by atoms with Crippen LogP contribution >= 0.6 is 0 Å². The zero-order valence-corrected chi connectivity index (χ0v) is 11.6. The van der Waals surface area contributed by atoms with E-state index in [0.717, 1.165) is 25.3 Å². The molecule has 1 aliphatic carbocycles. The normalized spacial score (nSPS) is 19.1. The molecule has 1 fully saturated rings. The van der Waals surface area contributed by atoms with Crippen molar-refractivity contribution in [2.24, 2.45) is 0 Å². The number of hydrogen-bond donors (Lipinski definition) is 0. The molecule has 1 aromatic carbocycles. The zero-order chi connectivity index (χ0) is 14.9. The van der Waals surface area contributed by atoms with Gasteiger partial charge in [0.25, 0.3) is 5.79 Å². The van der Waals surface area contributed by atoms with Crippen molar-refractivity contribution in [2.75, 3.05) is 0 Å². The third kappa shape index (κ3) is 2.51. The highest BCUT2D eigenvalue weighted by Crippen LogP contribution is 2.42. The summed E-state index contributed by atoms with van der Waals surface area (Å²) in [5, 5.41) is 0. The van der Waals surface area contributed by atoms with Crippen LogP contribution in [-0.4, -0.2) is 17.7 Å². The maximum atomic E-state index is 12.3. The molecule has 0 saturated heterocycles. The number of benzene rings is 1. The van der Waals surface area contributed by atoms with E-state index in [1.807, 2.05) is 0 Å². The molecule has 3 rings (SSSR count). The van der Waals surface area contributed by atoms with Gasteiger partial charge < -0.3 is 14.2 Å². The Kier molecular flexibility index (Phi) is 3.41. The summed E-state index contributed by atoms with van der Waals surface area (Å²) in [6.07, 6.45) is 5.47. The molecule has 5 nitrogen and oxygen atoms in total. The van der Waals surface area contributed by atoms with Gasteiger partial charge in [0.05, 0.1) is 0 Å². The standard InChI is InChI=1S/C16H16O5/c1-2-13(17)19-11-7-6-8-12-14(11)15(18)21-16(20-12)9-4-3-5-10-16/h2,6-8H,1,3-5,9-10H2. The molecule has 0 bridgehead atoms. The van der Waals surface area contributed by atoms with Crippen molar-refractivity contribution in [2.45, 2.75) is 37.9 Å². The number of fused-ring (bicyclic) bond motifs is 1. The first-order chi connectivity index (χ1) is 10.1. The Morgan fingerprint density at radius 3 is 2.71 bits per heavy atom. The molecule has 2 aliphatic rings. The lowest BCUT2D eigenvalue weighted by molar-refractivity contribution is -0.172. The molecule has 1 saturated carbocycles. The molecular formula is C16H16O5. The smallest absolute Gasteiger partial charge is 0.349 e. The fourth-order valence-electron chi connectivity index (χ4n) is 2.77. The number of carbonyl (C=O) groups is 2. The number of rotatable bonds is 2. The fraction of sp³-hybridized carbons (Fsp3) is 0.375. The zero-order valence-electron chi connectivity index (χ0n) is 11.6. The molecule has 110 valence electrons. The maximum absolute atomic E-state index is 12.3. The number of ether oxygens (including phenoxy) is 3. The van der Waals surface area contributed by atoms with Crippen molar-refractivity contribution in [1.82, 2.24) is 0 Å². The second-order valence-electron chi connectivity index (χ2n) is 5.22. The highest BCUT2D eigenvalue weighted by molar-refractivity contribution is 5.98. The van der Waals surface area contributed by atoms with Crippen molar-refractivity contribution in [1.29, 1.82) is 0 Å². The lowest BCUT2D eigenvalue weighted by Crippen LogP contribution is -2.46. The molecule has 1 aliphatic heterocycles. The first kappa shape index (κ1) is 13.7. The van der Waals surface area contributed by atoms with Crippen molar-refractivity contribution in [3.8, 4) is 11.5 Å². The molecule has 1 heterocycles. The summed E-state index contributed by atoms with van der Waals surface area (Å²) in [5.41, 5.74) is 0.156. The van der Waals surface area contributed by atoms with Crippen LogP contribution in [0.3, 0.4) is 0 Å². The van der Waals surface area contributed by atoms with E-state index in [4.69, 9.17) is 14.2 Å². The summed E-state index contributed by atoms with van der Waals surface area (Å²) in [7, 11) is 0. The lowest BCUT2D eigenvalue weighted by Gasteiger charge is -2.40. The van der Waals surface area contributed by atoms with E-state index in [0.29, 0.717) is 18.6 Å². The van der Waals surface area contributed by atoms with Crippen molar-refractivity contribution < 1.29 is 23.8 Å². The van der Waals surface area contributed by atoms with Crippen molar-refractivity contribution in [3.63, 3.8) is 0 Å². The number of hydrogen-bond acceptors (Lipinski definition) is 5. The van der Waals surface area contributed by atoms with Gasteiger partial charge >= 0.3 is 11.9 Å². The minimum absolute atomic E-state index is 0.132. The molecule has 1 spiro atoms. The van der Waals surface area contributed by atoms with Crippen LogP contribution in [0, 0.1) is 0 Å². The van der Waals surface area contributed by atoms with E-state index in [-0.39, 0.29) is 11.3 Å². The fourth-order valence-corrected chi connectivity index (χ4v) is 2.77. The van der Waals surface area contributed by atoms with Crippen LogP contribution in [0.2, 0.25) is 0 Å². The van der Waals surface area contributed by atoms with Gasteiger partial charge in [-0.15, -0.1) is 0 Å². The second kappa shape index (κ2) is 5.24. The van der Waals surface area contributed by atoms with Gasteiger partial charge in [0.1, 0.15) is 17.1 Å². The number of esters is 2. The molecule has 0 radical (unpaired) electrons. The summed E-state index contributed by atoms with van der Waals surface area (Å²) >= 11 is 0. The Labute approximate surface area is 122 Å². The third-order valence-electron chi connectivity index (χ3n) is 3.76. The second-order valence-corrected chi connectivity index (χ2v) is 5.22. The average molecular weight is 288 g/mol. The molecule has 21 heavy (non-hydrogen) atoms. The van der Waals surface area contributed by atoms with Gasteiger partial charge in [0, 0.05) is 18.9 Å². The summed E-state index contributed by atoms with van der Waals surface area (Å²) in [4.78, 5) is 23.7. The van der Waals surface area contributed by atoms with Gasteiger partial charge in [-0.1, -0.05) is 19.1 Å². The number of carbonyl (C=O) groups excluding carboxylic acids is 2. The van der Waals surface area contributed by atoms with E-state index in [9.17, 15) is 9.59 Å². The highest BCUT2D eigenvalue weighted by Gasteiger charge is 2.44. The van der Waals surface area contributed by atoms with E-state index in [2.05, 4.69) is 6.58 Å². The van der Waals surface area contributed by atoms with Crippen molar-refractivity contribution >= 4 is 11.9 Å². The predicted molar refractivity (Wildman–Crippen MR) is 74.1 cm³/mol. The molecule has 0 unspecified atom stereocenters. The highest BCUT2D eigenvalue weighted by atomic mass is 16.7. The average Bonchev–Trinajstić information content (AvgIpc) is 2.47. The van der Waals surface area contributed by atoms with Gasteiger partial charge in [-0.3, -0.25) is 0 Å². The topological polar surface area (TPSA) is 61.8 Å². The Hall–Kier alpha value is -2.30. The first-order valence-electron chi connectivity index (χ1n) is 7.03. The minimum atomic E-state index is -0.858. The maximum Gasteiger partial charge on any atom is 0.349 e. The summed E-state index contributed by atoms with van der Waals surface area (Å²) in [6, 6.07) is 4.90. The monoisotopic (exact) mass is 288 g/mol. The van der Waals surface area contributed by atoms with Gasteiger partial charge in [-0.05, 0) is 25.0 Å². The predicted octanol–water partition coefficient (Wildman–Crippen LogP) is 2.99. The van der Waals surface area contributed by atoms with Crippen LogP contribution in [0.25, 0.3) is 0 Å². The molecule has 0 atom stereocenters. The largest absolute Gasteiger partial charge is 0.451 e. The van der Waals surface area contributed by atoms with Gasteiger partial charge in [-0.25, -0.2) is 9.59 Å². The summed E-state index contributed by atoms with van der Waals surface area (Å²) < 4.78 is 16.5. The van der Waals surface area contributed by atoms with Crippen LogP contribution < -0.4 is 9.47 Å². The minimum Gasteiger partial charge on any atom is -0.451 e.